The molecule has 1 atom stereocenters. The summed E-state index contributed by atoms with van der Waals surface area (Å²) >= 11 is 1.67. The molecule has 1 saturated heterocycles. The Morgan fingerprint density at radius 2 is 1.86 bits per heavy atom. The highest BCUT2D eigenvalue weighted by molar-refractivity contribution is 7.98. The summed E-state index contributed by atoms with van der Waals surface area (Å²) in [5.41, 5.74) is -0.553. The van der Waals surface area contributed by atoms with Crippen LogP contribution >= 0.6 is 11.8 Å². The van der Waals surface area contributed by atoms with E-state index in [4.69, 9.17) is 4.74 Å². The topological polar surface area (TPSA) is 58.6 Å². The molecule has 0 aromatic carbocycles. The number of carbonyl (C=O) groups is 2. The molecule has 1 aliphatic heterocycles. The van der Waals surface area contributed by atoms with Crippen molar-refractivity contribution in [1.82, 2.24) is 10.2 Å². The number of amides is 2. The van der Waals surface area contributed by atoms with Gasteiger partial charge in [0.25, 0.3) is 0 Å². The predicted molar refractivity (Wildman–Crippen MR) is 86.6 cm³/mol. The summed E-state index contributed by atoms with van der Waals surface area (Å²) in [5, 5.41) is 2.74. The molecule has 21 heavy (non-hydrogen) atoms. The van der Waals surface area contributed by atoms with Gasteiger partial charge < -0.3 is 15.0 Å². The Morgan fingerprint density at radius 3 is 2.38 bits per heavy atom. The summed E-state index contributed by atoms with van der Waals surface area (Å²) in [6.07, 6.45) is 5.39. The van der Waals surface area contributed by atoms with Gasteiger partial charge in [-0.05, 0) is 58.5 Å². The zero-order valence-electron chi connectivity index (χ0n) is 13.6. The van der Waals surface area contributed by atoms with Gasteiger partial charge in [-0.2, -0.15) is 11.8 Å². The molecule has 122 valence electrons. The average Bonchev–Trinajstić information content (AvgIpc) is 2.41. The molecule has 1 fully saturated rings. The van der Waals surface area contributed by atoms with Crippen LogP contribution in [-0.2, 0) is 9.53 Å². The van der Waals surface area contributed by atoms with Crippen molar-refractivity contribution in [3.8, 4) is 0 Å². The molecule has 6 heteroatoms. The van der Waals surface area contributed by atoms with Gasteiger partial charge in [-0.15, -0.1) is 0 Å². The van der Waals surface area contributed by atoms with E-state index < -0.39 is 17.7 Å². The number of thioether (sulfide) groups is 1. The van der Waals surface area contributed by atoms with E-state index in [9.17, 15) is 9.59 Å². The predicted octanol–water partition coefficient (Wildman–Crippen LogP) is 2.65. The van der Waals surface area contributed by atoms with Crippen molar-refractivity contribution < 1.29 is 14.3 Å². The second-order valence-corrected chi connectivity index (χ2v) is 7.35. The maximum absolute atomic E-state index is 12.6. The van der Waals surface area contributed by atoms with E-state index in [-0.39, 0.29) is 5.91 Å². The molecular formula is C15H28N2O3S. The summed E-state index contributed by atoms with van der Waals surface area (Å²) in [6.45, 7) is 7.04. The number of hydrogen-bond acceptors (Lipinski definition) is 4. The van der Waals surface area contributed by atoms with Crippen LogP contribution in [0.2, 0.25) is 0 Å². The quantitative estimate of drug-likeness (QED) is 0.847. The van der Waals surface area contributed by atoms with Crippen molar-refractivity contribution in [3.05, 3.63) is 0 Å². The van der Waals surface area contributed by atoms with E-state index in [0.717, 1.165) is 31.7 Å². The zero-order chi connectivity index (χ0) is 15.9. The third-order valence-electron chi connectivity index (χ3n) is 3.27. The normalized spacial score (nSPS) is 17.2. The Balaban J connectivity index is 2.61. The number of ether oxygens (including phenoxy) is 1. The number of piperidine rings is 1. The SMILES string of the molecule is CSCC[C@H](NC(=O)OC(C)(C)C)C(=O)N1CCCCC1. The number of rotatable bonds is 5. The Hall–Kier alpha value is -0.910. The van der Waals surface area contributed by atoms with Crippen LogP contribution in [0.15, 0.2) is 0 Å². The van der Waals surface area contributed by atoms with Crippen molar-refractivity contribution in [2.24, 2.45) is 0 Å². The van der Waals surface area contributed by atoms with Gasteiger partial charge in [-0.3, -0.25) is 4.79 Å². The second kappa shape index (κ2) is 8.51. The van der Waals surface area contributed by atoms with Crippen molar-refractivity contribution in [1.29, 1.82) is 0 Å². The highest BCUT2D eigenvalue weighted by Gasteiger charge is 2.28. The summed E-state index contributed by atoms with van der Waals surface area (Å²) in [5.74, 6) is 0.856. The van der Waals surface area contributed by atoms with Gasteiger partial charge in [0, 0.05) is 13.1 Å². The molecular weight excluding hydrogens is 288 g/mol. The standard InChI is InChI=1S/C15H28N2O3S/c1-15(2,3)20-14(19)16-12(8-11-21-4)13(18)17-9-6-5-7-10-17/h12H,5-11H2,1-4H3,(H,16,19)/t12-/m0/s1. The van der Waals surface area contributed by atoms with Crippen molar-refractivity contribution in [2.75, 3.05) is 25.1 Å². The smallest absolute Gasteiger partial charge is 0.408 e. The summed E-state index contributed by atoms with van der Waals surface area (Å²) in [7, 11) is 0. The highest BCUT2D eigenvalue weighted by Crippen LogP contribution is 2.13. The van der Waals surface area contributed by atoms with Gasteiger partial charge in [-0.1, -0.05) is 0 Å². The summed E-state index contributed by atoms with van der Waals surface area (Å²) in [4.78, 5) is 26.3. The third-order valence-corrected chi connectivity index (χ3v) is 3.91. The Bertz CT molecular complexity index is 349. The fourth-order valence-electron chi connectivity index (χ4n) is 2.28. The number of carbonyl (C=O) groups excluding carboxylic acids is 2. The van der Waals surface area contributed by atoms with E-state index >= 15 is 0 Å². The number of nitrogens with one attached hydrogen (secondary N) is 1. The Labute approximate surface area is 132 Å². The molecule has 0 aromatic heterocycles. The van der Waals surface area contributed by atoms with Gasteiger partial charge in [0.2, 0.25) is 5.91 Å². The molecule has 0 spiro atoms. The molecule has 1 rings (SSSR count). The molecule has 0 radical (unpaired) electrons. The molecule has 2 amide bonds. The molecule has 0 unspecified atom stereocenters. The summed E-state index contributed by atoms with van der Waals surface area (Å²) in [6, 6.07) is -0.481. The van der Waals surface area contributed by atoms with Crippen molar-refractivity contribution >= 4 is 23.8 Å². The minimum atomic E-state index is -0.553. The molecule has 1 N–H and O–H groups in total. The van der Waals surface area contributed by atoms with E-state index in [0.29, 0.717) is 6.42 Å². The van der Waals surface area contributed by atoms with Crippen LogP contribution in [-0.4, -0.2) is 53.6 Å². The van der Waals surface area contributed by atoms with Crippen LogP contribution in [0.3, 0.4) is 0 Å². The zero-order valence-corrected chi connectivity index (χ0v) is 14.4. The first-order valence-corrected chi connectivity index (χ1v) is 9.00. The lowest BCUT2D eigenvalue weighted by Crippen LogP contribution is -2.51. The number of hydrogen-bond donors (Lipinski definition) is 1. The fourth-order valence-corrected chi connectivity index (χ4v) is 2.75. The van der Waals surface area contributed by atoms with Gasteiger partial charge in [0.15, 0.2) is 0 Å². The number of likely N-dealkylation sites (tertiary alicyclic amines) is 1. The first kappa shape index (κ1) is 18.1. The second-order valence-electron chi connectivity index (χ2n) is 6.37. The van der Waals surface area contributed by atoms with Gasteiger partial charge >= 0.3 is 6.09 Å². The van der Waals surface area contributed by atoms with E-state index in [2.05, 4.69) is 5.32 Å². The molecule has 0 aliphatic carbocycles. The number of alkyl carbamates (subject to hydrolysis) is 1. The lowest BCUT2D eigenvalue weighted by Gasteiger charge is -2.31. The van der Waals surface area contributed by atoms with Crippen molar-refractivity contribution in [3.63, 3.8) is 0 Å². The lowest BCUT2D eigenvalue weighted by atomic mass is 10.1. The first-order valence-electron chi connectivity index (χ1n) is 7.61. The van der Waals surface area contributed by atoms with Gasteiger partial charge in [-0.25, -0.2) is 4.79 Å². The van der Waals surface area contributed by atoms with Gasteiger partial charge in [0.1, 0.15) is 11.6 Å². The van der Waals surface area contributed by atoms with E-state index in [1.807, 2.05) is 31.9 Å². The van der Waals surface area contributed by atoms with Crippen LogP contribution in [0.1, 0.15) is 46.5 Å². The minimum Gasteiger partial charge on any atom is -0.444 e. The van der Waals surface area contributed by atoms with E-state index in [1.54, 1.807) is 11.8 Å². The summed E-state index contributed by atoms with van der Waals surface area (Å²) < 4.78 is 5.26. The largest absolute Gasteiger partial charge is 0.444 e. The van der Waals surface area contributed by atoms with Crippen LogP contribution < -0.4 is 5.32 Å². The average molecular weight is 316 g/mol. The maximum atomic E-state index is 12.6. The molecule has 1 heterocycles. The minimum absolute atomic E-state index is 0.0228. The number of nitrogens with zero attached hydrogens (tertiary/aromatic N) is 1. The lowest BCUT2D eigenvalue weighted by molar-refractivity contribution is -0.134. The molecule has 0 aromatic rings. The van der Waals surface area contributed by atoms with Crippen LogP contribution in [0.25, 0.3) is 0 Å². The Morgan fingerprint density at radius 1 is 1.24 bits per heavy atom. The molecule has 5 nitrogen and oxygen atoms in total. The van der Waals surface area contributed by atoms with Gasteiger partial charge in [0.05, 0.1) is 0 Å². The molecule has 0 bridgehead atoms. The van der Waals surface area contributed by atoms with Crippen LogP contribution in [0.4, 0.5) is 4.79 Å². The molecule has 1 aliphatic rings. The Kier molecular flexibility index (Phi) is 7.35. The maximum Gasteiger partial charge on any atom is 0.408 e. The van der Waals surface area contributed by atoms with E-state index in [1.165, 1.54) is 6.42 Å². The van der Waals surface area contributed by atoms with Crippen molar-refractivity contribution in [2.45, 2.75) is 58.1 Å². The fraction of sp³-hybridized carbons (Fsp3) is 0.867. The first-order chi connectivity index (χ1) is 9.83. The monoisotopic (exact) mass is 316 g/mol. The highest BCUT2D eigenvalue weighted by atomic mass is 32.2. The third kappa shape index (κ3) is 7.07. The molecule has 0 saturated carbocycles. The van der Waals surface area contributed by atoms with Crippen LogP contribution in [0, 0.1) is 0 Å². The van der Waals surface area contributed by atoms with Crippen LogP contribution in [0.5, 0.6) is 0 Å².